The third-order valence-electron chi connectivity index (χ3n) is 4.68. The first-order valence-corrected chi connectivity index (χ1v) is 10.4. The Morgan fingerprint density at radius 3 is 2.67 bits per heavy atom. The monoisotopic (exact) mass is 426 g/mol. The van der Waals surface area contributed by atoms with E-state index in [2.05, 4.69) is 10.3 Å². The molecule has 0 spiro atoms. The summed E-state index contributed by atoms with van der Waals surface area (Å²) in [4.78, 5) is 16.9. The molecule has 30 heavy (non-hydrogen) atoms. The van der Waals surface area contributed by atoms with Crippen LogP contribution in [0.25, 0.3) is 11.3 Å². The molecular formula is C22H22N2O5S. The second-order valence-electron chi connectivity index (χ2n) is 6.63. The average Bonchev–Trinajstić information content (AvgIpc) is 3.25. The van der Waals surface area contributed by atoms with E-state index in [4.69, 9.17) is 18.9 Å². The molecule has 2 heterocycles. The van der Waals surface area contributed by atoms with Crippen LogP contribution in [0.5, 0.6) is 23.0 Å². The van der Waals surface area contributed by atoms with Crippen LogP contribution in [0, 0.1) is 0 Å². The molecule has 1 aliphatic rings. The van der Waals surface area contributed by atoms with Crippen molar-refractivity contribution in [1.29, 1.82) is 0 Å². The lowest BCUT2D eigenvalue weighted by Crippen LogP contribution is -2.15. The van der Waals surface area contributed by atoms with Crippen molar-refractivity contribution in [2.24, 2.45) is 0 Å². The molecule has 0 saturated heterocycles. The van der Waals surface area contributed by atoms with Gasteiger partial charge >= 0.3 is 0 Å². The zero-order valence-corrected chi connectivity index (χ0v) is 17.6. The van der Waals surface area contributed by atoms with Gasteiger partial charge in [0.05, 0.1) is 19.9 Å². The fourth-order valence-corrected chi connectivity index (χ4v) is 3.88. The number of hydrogen-bond donors (Lipinski definition) is 1. The molecule has 0 atom stereocenters. The van der Waals surface area contributed by atoms with Crippen LogP contribution in [-0.2, 0) is 11.2 Å². The third kappa shape index (κ3) is 4.49. The lowest BCUT2D eigenvalue weighted by molar-refractivity contribution is -0.116. The number of thiazole rings is 1. The summed E-state index contributed by atoms with van der Waals surface area (Å²) < 4.78 is 21.7. The number of aromatic nitrogens is 1. The van der Waals surface area contributed by atoms with Gasteiger partial charge in [0.25, 0.3) is 0 Å². The number of anilines is 1. The van der Waals surface area contributed by atoms with Crippen molar-refractivity contribution < 1.29 is 23.7 Å². The molecule has 0 bridgehead atoms. The molecule has 156 valence electrons. The van der Waals surface area contributed by atoms with Crippen LogP contribution >= 0.6 is 11.3 Å². The van der Waals surface area contributed by atoms with Gasteiger partial charge in [-0.25, -0.2) is 4.98 Å². The molecule has 4 rings (SSSR count). The van der Waals surface area contributed by atoms with Gasteiger partial charge in [-0.05, 0) is 42.3 Å². The molecular weight excluding hydrogens is 404 g/mol. The van der Waals surface area contributed by atoms with Crippen LogP contribution in [0.3, 0.4) is 0 Å². The van der Waals surface area contributed by atoms with Crippen molar-refractivity contribution in [3.8, 4) is 34.3 Å². The Bertz CT molecular complexity index is 1050. The van der Waals surface area contributed by atoms with Crippen molar-refractivity contribution in [2.45, 2.75) is 12.8 Å². The van der Waals surface area contributed by atoms with E-state index in [1.54, 1.807) is 14.2 Å². The van der Waals surface area contributed by atoms with Crippen LogP contribution in [0.2, 0.25) is 0 Å². The highest BCUT2D eigenvalue weighted by molar-refractivity contribution is 7.14. The van der Waals surface area contributed by atoms with Gasteiger partial charge in [0.1, 0.15) is 13.2 Å². The summed E-state index contributed by atoms with van der Waals surface area (Å²) in [6, 6.07) is 11.4. The SMILES string of the molecule is COc1ccc(CCC(=O)Nc2nc(-c3ccc4c(c3)OCCO4)cs2)cc1OC. The van der Waals surface area contributed by atoms with Gasteiger partial charge in [-0.2, -0.15) is 0 Å². The number of carbonyl (C=O) groups excluding carboxylic acids is 1. The Morgan fingerprint density at radius 1 is 1.07 bits per heavy atom. The van der Waals surface area contributed by atoms with Crippen LogP contribution < -0.4 is 24.3 Å². The Kier molecular flexibility index (Phi) is 6.04. The Labute approximate surface area is 178 Å². The molecule has 3 aromatic rings. The van der Waals surface area contributed by atoms with Crippen molar-refractivity contribution in [2.75, 3.05) is 32.8 Å². The molecule has 1 aliphatic heterocycles. The molecule has 1 amide bonds. The van der Waals surface area contributed by atoms with Crippen molar-refractivity contribution in [1.82, 2.24) is 4.98 Å². The molecule has 2 aromatic carbocycles. The minimum absolute atomic E-state index is 0.0899. The molecule has 0 fully saturated rings. The standard InChI is InChI=1S/C22H22N2O5S/c1-26-17-6-3-14(11-19(17)27-2)4-8-21(25)24-22-23-16(13-30-22)15-5-7-18-20(12-15)29-10-9-28-18/h3,5-7,11-13H,4,8-10H2,1-2H3,(H,23,24,25). The Hall–Kier alpha value is -3.26. The van der Waals surface area contributed by atoms with Crippen LogP contribution in [0.1, 0.15) is 12.0 Å². The number of ether oxygens (including phenoxy) is 4. The van der Waals surface area contributed by atoms with E-state index < -0.39 is 0 Å². The van der Waals surface area contributed by atoms with E-state index in [0.29, 0.717) is 48.4 Å². The van der Waals surface area contributed by atoms with E-state index in [1.807, 2.05) is 41.8 Å². The number of benzene rings is 2. The summed E-state index contributed by atoms with van der Waals surface area (Å²) in [5.74, 6) is 2.68. The topological polar surface area (TPSA) is 78.9 Å². The number of hydrogen-bond acceptors (Lipinski definition) is 7. The van der Waals surface area contributed by atoms with Gasteiger partial charge in [0.2, 0.25) is 5.91 Å². The quantitative estimate of drug-likeness (QED) is 0.611. The number of fused-ring (bicyclic) bond motifs is 1. The second kappa shape index (κ2) is 9.04. The van der Waals surface area contributed by atoms with Crippen molar-refractivity contribution >= 4 is 22.4 Å². The molecule has 0 unspecified atom stereocenters. The maximum atomic E-state index is 12.4. The molecule has 0 radical (unpaired) electrons. The zero-order chi connectivity index (χ0) is 20.9. The fraction of sp³-hybridized carbons (Fsp3) is 0.273. The second-order valence-corrected chi connectivity index (χ2v) is 7.49. The highest BCUT2D eigenvalue weighted by Gasteiger charge is 2.14. The van der Waals surface area contributed by atoms with Gasteiger partial charge in [-0.1, -0.05) is 6.07 Å². The number of carbonyl (C=O) groups is 1. The Balaban J connectivity index is 1.36. The molecule has 1 N–H and O–H groups in total. The maximum Gasteiger partial charge on any atom is 0.226 e. The zero-order valence-electron chi connectivity index (χ0n) is 16.8. The number of nitrogens with one attached hydrogen (secondary N) is 1. The van der Waals surface area contributed by atoms with Crippen LogP contribution in [0.15, 0.2) is 41.8 Å². The van der Waals surface area contributed by atoms with Gasteiger partial charge in [-0.15, -0.1) is 11.3 Å². The minimum atomic E-state index is -0.0899. The summed E-state index contributed by atoms with van der Waals surface area (Å²) in [6.45, 7) is 1.09. The van der Waals surface area contributed by atoms with E-state index in [0.717, 1.165) is 22.6 Å². The first kappa shape index (κ1) is 20.0. The molecule has 1 aromatic heterocycles. The maximum absolute atomic E-state index is 12.4. The third-order valence-corrected chi connectivity index (χ3v) is 5.43. The van der Waals surface area contributed by atoms with Gasteiger partial charge in [0, 0.05) is 17.4 Å². The van der Waals surface area contributed by atoms with Gasteiger partial charge in [0.15, 0.2) is 28.1 Å². The predicted molar refractivity (Wildman–Crippen MR) is 115 cm³/mol. The number of amides is 1. The first-order valence-electron chi connectivity index (χ1n) is 9.52. The van der Waals surface area contributed by atoms with Gasteiger partial charge in [-0.3, -0.25) is 4.79 Å². The summed E-state index contributed by atoms with van der Waals surface area (Å²) >= 11 is 1.39. The number of aryl methyl sites for hydroxylation is 1. The summed E-state index contributed by atoms with van der Waals surface area (Å²) in [5.41, 5.74) is 2.70. The van der Waals surface area contributed by atoms with Crippen molar-refractivity contribution in [3.63, 3.8) is 0 Å². The van der Waals surface area contributed by atoms with E-state index >= 15 is 0 Å². The normalized spacial score (nSPS) is 12.3. The predicted octanol–water partition coefficient (Wildman–Crippen LogP) is 4.17. The summed E-state index contributed by atoms with van der Waals surface area (Å²) in [5, 5.41) is 5.35. The molecule has 8 heteroatoms. The lowest BCUT2D eigenvalue weighted by atomic mass is 10.1. The highest BCUT2D eigenvalue weighted by atomic mass is 32.1. The first-order chi connectivity index (χ1) is 14.7. The molecule has 7 nitrogen and oxygen atoms in total. The molecule has 0 saturated carbocycles. The van der Waals surface area contributed by atoms with Gasteiger partial charge < -0.3 is 24.3 Å². The van der Waals surface area contributed by atoms with E-state index in [9.17, 15) is 4.79 Å². The minimum Gasteiger partial charge on any atom is -0.493 e. The lowest BCUT2D eigenvalue weighted by Gasteiger charge is -2.18. The smallest absolute Gasteiger partial charge is 0.226 e. The van der Waals surface area contributed by atoms with Crippen LogP contribution in [-0.4, -0.2) is 38.3 Å². The summed E-state index contributed by atoms with van der Waals surface area (Å²) in [7, 11) is 3.19. The Morgan fingerprint density at radius 2 is 1.87 bits per heavy atom. The summed E-state index contributed by atoms with van der Waals surface area (Å²) in [6.07, 6.45) is 0.932. The largest absolute Gasteiger partial charge is 0.493 e. The molecule has 0 aliphatic carbocycles. The fourth-order valence-electron chi connectivity index (χ4n) is 3.14. The highest BCUT2D eigenvalue weighted by Crippen LogP contribution is 2.35. The number of nitrogens with zero attached hydrogens (tertiary/aromatic N) is 1. The average molecular weight is 426 g/mol. The number of methoxy groups -OCH3 is 2. The van der Waals surface area contributed by atoms with Crippen LogP contribution in [0.4, 0.5) is 5.13 Å². The van der Waals surface area contributed by atoms with E-state index in [-0.39, 0.29) is 5.91 Å². The van der Waals surface area contributed by atoms with E-state index in [1.165, 1.54) is 11.3 Å². The van der Waals surface area contributed by atoms with Crippen molar-refractivity contribution in [3.05, 3.63) is 47.3 Å². The number of rotatable bonds is 7.